The molecule has 0 unspecified atom stereocenters. The summed E-state index contributed by atoms with van der Waals surface area (Å²) < 4.78 is 16.6. The zero-order valence-corrected chi connectivity index (χ0v) is 20.1. The van der Waals surface area contributed by atoms with Gasteiger partial charge in [-0.1, -0.05) is 36.4 Å². The molecule has 36 heavy (non-hydrogen) atoms. The molecule has 0 N–H and O–H groups in total. The fraction of sp³-hybridized carbons (Fsp3) is 0.154. The van der Waals surface area contributed by atoms with Crippen LogP contribution in [0.25, 0.3) is 6.08 Å². The Balaban J connectivity index is 1.34. The van der Waals surface area contributed by atoms with Gasteiger partial charge in [-0.05, 0) is 53.7 Å². The van der Waals surface area contributed by atoms with E-state index in [4.69, 9.17) is 14.2 Å². The molecular formula is C26H22N2O7S. The average molecular weight is 507 g/mol. The van der Waals surface area contributed by atoms with Crippen molar-refractivity contribution in [2.45, 2.75) is 6.61 Å². The van der Waals surface area contributed by atoms with E-state index in [1.54, 1.807) is 60.7 Å². The Labute approximate surface area is 211 Å². The van der Waals surface area contributed by atoms with Gasteiger partial charge in [-0.25, -0.2) is 0 Å². The Morgan fingerprint density at radius 1 is 0.944 bits per heavy atom. The number of para-hydroxylation sites is 3. The number of amides is 2. The minimum Gasteiger partial charge on any atom is -0.493 e. The fourth-order valence-corrected chi connectivity index (χ4v) is 4.33. The van der Waals surface area contributed by atoms with Crippen LogP contribution in [0, 0.1) is 10.1 Å². The normalized spacial score (nSPS) is 14.2. The van der Waals surface area contributed by atoms with Crippen molar-refractivity contribution in [1.29, 1.82) is 0 Å². The molecule has 4 rings (SSSR count). The van der Waals surface area contributed by atoms with Gasteiger partial charge in [-0.2, -0.15) is 0 Å². The minimum atomic E-state index is -0.445. The first kappa shape index (κ1) is 24.8. The average Bonchev–Trinajstić information content (AvgIpc) is 3.16. The Kier molecular flexibility index (Phi) is 7.86. The third-order valence-corrected chi connectivity index (χ3v) is 6.18. The van der Waals surface area contributed by atoms with Crippen LogP contribution in [0.15, 0.2) is 77.7 Å². The molecule has 0 radical (unpaired) electrons. The number of thioether (sulfide) groups is 1. The van der Waals surface area contributed by atoms with E-state index in [0.29, 0.717) is 33.3 Å². The lowest BCUT2D eigenvalue weighted by Gasteiger charge is -2.14. The van der Waals surface area contributed by atoms with Crippen molar-refractivity contribution >= 4 is 34.7 Å². The van der Waals surface area contributed by atoms with Crippen LogP contribution >= 0.6 is 11.8 Å². The first-order chi connectivity index (χ1) is 17.5. The van der Waals surface area contributed by atoms with Crippen LogP contribution < -0.4 is 14.2 Å². The predicted octanol–water partition coefficient (Wildman–Crippen LogP) is 5.30. The van der Waals surface area contributed by atoms with Crippen molar-refractivity contribution in [1.82, 2.24) is 4.90 Å². The highest BCUT2D eigenvalue weighted by molar-refractivity contribution is 8.18. The number of nitrogens with zero attached hydrogens (tertiary/aromatic N) is 2. The number of nitro benzene ring substituents is 1. The summed E-state index contributed by atoms with van der Waals surface area (Å²) >= 11 is 0.870. The number of rotatable bonds is 10. The number of ether oxygens (including phenoxy) is 3. The summed E-state index contributed by atoms with van der Waals surface area (Å²) in [5, 5.41) is 10.8. The van der Waals surface area contributed by atoms with Crippen molar-refractivity contribution in [2.75, 3.05) is 20.3 Å². The Morgan fingerprint density at radius 2 is 1.64 bits per heavy atom. The number of benzene rings is 3. The van der Waals surface area contributed by atoms with Crippen LogP contribution in [0.3, 0.4) is 0 Å². The van der Waals surface area contributed by atoms with Crippen LogP contribution in [0.1, 0.15) is 11.1 Å². The van der Waals surface area contributed by atoms with Gasteiger partial charge in [-0.15, -0.1) is 0 Å². The molecule has 0 spiro atoms. The molecule has 0 atom stereocenters. The highest BCUT2D eigenvalue weighted by Gasteiger charge is 2.34. The molecule has 0 saturated carbocycles. The number of carbonyl (C=O) groups excluding carboxylic acids is 2. The molecule has 1 heterocycles. The third kappa shape index (κ3) is 5.84. The van der Waals surface area contributed by atoms with Crippen LogP contribution in [0.2, 0.25) is 0 Å². The standard InChI is InChI=1S/C26H22N2O7S/c1-33-22-8-4-5-9-23(22)34-15-14-27-25(29)24(36-26(27)30)16-18-10-12-20(13-11-18)35-17-19-6-2-3-7-21(19)28(31)32/h2-13,16H,14-15,17H2,1H3/b24-16-. The van der Waals surface area contributed by atoms with Crippen LogP contribution in [0.5, 0.6) is 17.2 Å². The highest BCUT2D eigenvalue weighted by Crippen LogP contribution is 2.33. The Morgan fingerprint density at radius 3 is 2.36 bits per heavy atom. The van der Waals surface area contributed by atoms with E-state index >= 15 is 0 Å². The van der Waals surface area contributed by atoms with Crippen LogP contribution in [0.4, 0.5) is 10.5 Å². The van der Waals surface area contributed by atoms with Crippen molar-refractivity contribution in [3.8, 4) is 17.2 Å². The first-order valence-corrected chi connectivity index (χ1v) is 11.7. The molecule has 184 valence electrons. The summed E-state index contributed by atoms with van der Waals surface area (Å²) in [6.07, 6.45) is 1.64. The molecule has 0 bridgehead atoms. The summed E-state index contributed by atoms with van der Waals surface area (Å²) in [5.74, 6) is 1.24. The molecule has 0 aromatic heterocycles. The summed E-state index contributed by atoms with van der Waals surface area (Å²) in [4.78, 5) is 37.3. The van der Waals surface area contributed by atoms with Crippen molar-refractivity contribution in [3.63, 3.8) is 0 Å². The van der Waals surface area contributed by atoms with Crippen LogP contribution in [-0.4, -0.2) is 41.2 Å². The molecule has 1 fully saturated rings. The predicted molar refractivity (Wildman–Crippen MR) is 135 cm³/mol. The van der Waals surface area contributed by atoms with Crippen molar-refractivity contribution < 1.29 is 28.7 Å². The maximum Gasteiger partial charge on any atom is 0.293 e. The van der Waals surface area contributed by atoms with E-state index in [9.17, 15) is 19.7 Å². The molecular weight excluding hydrogens is 484 g/mol. The van der Waals surface area contributed by atoms with Gasteiger partial charge < -0.3 is 14.2 Å². The van der Waals surface area contributed by atoms with Gasteiger partial charge in [0.2, 0.25) is 0 Å². The number of methoxy groups -OCH3 is 1. The van der Waals surface area contributed by atoms with Gasteiger partial charge >= 0.3 is 0 Å². The molecule has 3 aromatic rings. The van der Waals surface area contributed by atoms with Crippen molar-refractivity contribution in [3.05, 3.63) is 98.9 Å². The highest BCUT2D eigenvalue weighted by atomic mass is 32.2. The maximum atomic E-state index is 12.8. The molecule has 1 saturated heterocycles. The molecule has 1 aliphatic rings. The third-order valence-electron chi connectivity index (χ3n) is 5.28. The smallest absolute Gasteiger partial charge is 0.293 e. The number of imide groups is 1. The summed E-state index contributed by atoms with van der Waals surface area (Å²) in [5.41, 5.74) is 1.18. The molecule has 0 aliphatic carbocycles. The summed E-state index contributed by atoms with van der Waals surface area (Å²) in [6.45, 7) is 0.294. The van der Waals surface area contributed by atoms with Crippen molar-refractivity contribution in [2.24, 2.45) is 0 Å². The quantitative estimate of drug-likeness (QED) is 0.207. The zero-order chi connectivity index (χ0) is 25.5. The lowest BCUT2D eigenvalue weighted by Crippen LogP contribution is -2.32. The monoisotopic (exact) mass is 506 g/mol. The second kappa shape index (κ2) is 11.4. The number of hydrogen-bond acceptors (Lipinski definition) is 8. The fourth-order valence-electron chi connectivity index (χ4n) is 3.46. The molecule has 9 nitrogen and oxygen atoms in total. The largest absolute Gasteiger partial charge is 0.493 e. The maximum absolute atomic E-state index is 12.8. The minimum absolute atomic E-state index is 0.00171. The molecule has 1 aliphatic heterocycles. The molecule has 2 amide bonds. The SMILES string of the molecule is COc1ccccc1OCCN1C(=O)S/C(=C\c2ccc(OCc3ccccc3[N+](=O)[O-])cc2)C1=O. The lowest BCUT2D eigenvalue weighted by atomic mass is 10.2. The second-order valence-electron chi connectivity index (χ2n) is 7.58. The van der Waals surface area contributed by atoms with E-state index in [2.05, 4.69) is 0 Å². The first-order valence-electron chi connectivity index (χ1n) is 10.9. The van der Waals surface area contributed by atoms with Gasteiger partial charge in [0.05, 0.1) is 29.0 Å². The molecule has 10 heteroatoms. The van der Waals surface area contributed by atoms with Crippen LogP contribution in [-0.2, 0) is 11.4 Å². The summed E-state index contributed by atoms with van der Waals surface area (Å²) in [7, 11) is 1.54. The number of carbonyl (C=O) groups is 2. The van der Waals surface area contributed by atoms with Gasteiger partial charge in [0.25, 0.3) is 16.8 Å². The van der Waals surface area contributed by atoms with E-state index in [0.717, 1.165) is 16.7 Å². The second-order valence-corrected chi connectivity index (χ2v) is 8.57. The summed E-state index contributed by atoms with van der Waals surface area (Å²) in [6, 6.07) is 20.4. The topological polar surface area (TPSA) is 108 Å². The Bertz CT molecular complexity index is 1310. The number of hydrogen-bond donors (Lipinski definition) is 0. The lowest BCUT2D eigenvalue weighted by molar-refractivity contribution is -0.385. The Hall–Kier alpha value is -4.31. The van der Waals surface area contributed by atoms with Gasteiger partial charge in [0.1, 0.15) is 19.0 Å². The van der Waals surface area contributed by atoms with E-state index in [1.165, 1.54) is 13.2 Å². The number of nitro groups is 1. The van der Waals surface area contributed by atoms with E-state index < -0.39 is 4.92 Å². The molecule has 3 aromatic carbocycles. The van der Waals surface area contributed by atoms with Gasteiger partial charge in [-0.3, -0.25) is 24.6 Å². The van der Waals surface area contributed by atoms with E-state index in [1.807, 2.05) is 12.1 Å². The van der Waals surface area contributed by atoms with Gasteiger partial charge in [0.15, 0.2) is 11.5 Å². The van der Waals surface area contributed by atoms with E-state index in [-0.39, 0.29) is 36.6 Å². The zero-order valence-electron chi connectivity index (χ0n) is 19.3. The van der Waals surface area contributed by atoms with Gasteiger partial charge in [0, 0.05) is 6.07 Å².